The van der Waals surface area contributed by atoms with Crippen molar-refractivity contribution in [1.82, 2.24) is 4.90 Å². The topological polar surface area (TPSA) is 55.8 Å². The van der Waals surface area contributed by atoms with Gasteiger partial charge in [-0.3, -0.25) is 4.79 Å². The van der Waals surface area contributed by atoms with Crippen LogP contribution in [0.1, 0.15) is 44.0 Å². The minimum atomic E-state index is -0.658. The number of carbonyl (C=O) groups excluding carboxylic acids is 2. The van der Waals surface area contributed by atoms with Gasteiger partial charge in [0.05, 0.1) is 18.5 Å². The third-order valence-electron chi connectivity index (χ3n) is 4.02. The van der Waals surface area contributed by atoms with Crippen LogP contribution in [0.5, 0.6) is 5.75 Å². The summed E-state index contributed by atoms with van der Waals surface area (Å²) in [5.74, 6) is 0.538. The Labute approximate surface area is 140 Å². The van der Waals surface area contributed by atoms with Crippen LogP contribution in [-0.2, 0) is 4.74 Å². The van der Waals surface area contributed by atoms with E-state index >= 15 is 0 Å². The highest BCUT2D eigenvalue weighted by atomic mass is 35.5. The molecule has 1 spiro atoms. The molecule has 5 nitrogen and oxygen atoms in total. The minimum Gasteiger partial charge on any atom is -0.484 e. The van der Waals surface area contributed by atoms with Crippen LogP contribution in [0, 0.1) is 0 Å². The molecule has 1 unspecified atom stereocenters. The van der Waals surface area contributed by atoms with Crippen LogP contribution in [0.2, 0.25) is 5.02 Å². The monoisotopic (exact) mass is 337 g/mol. The number of rotatable bonds is 0. The Bertz CT molecular complexity index is 667. The first-order chi connectivity index (χ1) is 10.7. The first kappa shape index (κ1) is 16.1. The number of halogens is 1. The standard InChI is InChI=1S/C17H20ClNO4/c1-16(2,3)23-15(21)19-7-6-17(10-19)9-13(20)12-8-11(18)4-5-14(12)22-17/h4-5,8H,6-7,9-10H2,1-3H3. The lowest BCUT2D eigenvalue weighted by Crippen LogP contribution is -2.46. The van der Waals surface area contributed by atoms with E-state index in [-0.39, 0.29) is 18.3 Å². The van der Waals surface area contributed by atoms with Gasteiger partial charge >= 0.3 is 6.09 Å². The molecule has 0 saturated carbocycles. The average Bonchev–Trinajstić information content (AvgIpc) is 2.82. The van der Waals surface area contributed by atoms with E-state index < -0.39 is 11.2 Å². The van der Waals surface area contributed by atoms with E-state index in [2.05, 4.69) is 0 Å². The Kier molecular flexibility index (Phi) is 3.79. The van der Waals surface area contributed by atoms with Crippen molar-refractivity contribution in [3.05, 3.63) is 28.8 Å². The van der Waals surface area contributed by atoms with Crippen molar-refractivity contribution < 1.29 is 19.1 Å². The molecule has 0 N–H and O–H groups in total. The summed E-state index contributed by atoms with van der Waals surface area (Å²) < 4.78 is 11.5. The van der Waals surface area contributed by atoms with Gasteiger partial charge in [-0.25, -0.2) is 4.79 Å². The van der Waals surface area contributed by atoms with Crippen molar-refractivity contribution in [3.8, 4) is 5.75 Å². The van der Waals surface area contributed by atoms with E-state index in [0.717, 1.165) is 0 Å². The molecule has 1 aromatic carbocycles. The van der Waals surface area contributed by atoms with Crippen LogP contribution in [-0.4, -0.2) is 41.1 Å². The second kappa shape index (κ2) is 5.41. The summed E-state index contributed by atoms with van der Waals surface area (Å²) >= 11 is 5.94. The predicted octanol–water partition coefficient (Wildman–Crippen LogP) is 3.68. The number of Topliss-reactive ketones (excluding diaryl/α,β-unsaturated/α-hetero) is 1. The summed E-state index contributed by atoms with van der Waals surface area (Å²) in [4.78, 5) is 26.2. The van der Waals surface area contributed by atoms with Gasteiger partial charge in [0, 0.05) is 18.0 Å². The molecule has 23 heavy (non-hydrogen) atoms. The highest BCUT2D eigenvalue weighted by Gasteiger charge is 2.47. The molecule has 2 aliphatic rings. The summed E-state index contributed by atoms with van der Waals surface area (Å²) in [6, 6.07) is 5.05. The number of hydrogen-bond acceptors (Lipinski definition) is 4. The van der Waals surface area contributed by atoms with Crippen molar-refractivity contribution >= 4 is 23.5 Å². The number of nitrogens with zero attached hydrogens (tertiary/aromatic N) is 1. The molecule has 0 aliphatic carbocycles. The highest BCUT2D eigenvalue weighted by Crippen LogP contribution is 2.39. The zero-order valence-corrected chi connectivity index (χ0v) is 14.3. The molecule has 1 fully saturated rings. The van der Waals surface area contributed by atoms with Crippen LogP contribution in [0.15, 0.2) is 18.2 Å². The molecule has 6 heteroatoms. The SMILES string of the molecule is CC(C)(C)OC(=O)N1CCC2(CC(=O)c3cc(Cl)ccc3O2)C1. The lowest BCUT2D eigenvalue weighted by atomic mass is 9.89. The summed E-state index contributed by atoms with van der Waals surface area (Å²) in [6.45, 7) is 6.37. The third-order valence-corrected chi connectivity index (χ3v) is 4.25. The first-order valence-corrected chi connectivity index (χ1v) is 8.05. The van der Waals surface area contributed by atoms with Crippen molar-refractivity contribution in [2.24, 2.45) is 0 Å². The average molecular weight is 338 g/mol. The van der Waals surface area contributed by atoms with E-state index in [0.29, 0.717) is 35.8 Å². The van der Waals surface area contributed by atoms with Gasteiger partial charge in [0.25, 0.3) is 0 Å². The Balaban J connectivity index is 1.77. The number of likely N-dealkylation sites (tertiary alicyclic amines) is 1. The maximum atomic E-state index is 12.4. The number of benzene rings is 1. The van der Waals surface area contributed by atoms with Gasteiger partial charge in [-0.1, -0.05) is 11.6 Å². The zero-order chi connectivity index (χ0) is 16.8. The van der Waals surface area contributed by atoms with E-state index in [9.17, 15) is 9.59 Å². The molecule has 0 aromatic heterocycles. The number of carbonyl (C=O) groups is 2. The van der Waals surface area contributed by atoms with E-state index in [1.807, 2.05) is 20.8 Å². The van der Waals surface area contributed by atoms with Crippen LogP contribution in [0.25, 0.3) is 0 Å². The Morgan fingerprint density at radius 1 is 1.39 bits per heavy atom. The quantitative estimate of drug-likeness (QED) is 0.724. The lowest BCUT2D eigenvalue weighted by Gasteiger charge is -2.34. The summed E-state index contributed by atoms with van der Waals surface area (Å²) in [6.07, 6.45) is 0.493. The van der Waals surface area contributed by atoms with E-state index in [4.69, 9.17) is 21.1 Å². The molecule has 1 saturated heterocycles. The first-order valence-electron chi connectivity index (χ1n) is 7.67. The molecule has 0 bridgehead atoms. The van der Waals surface area contributed by atoms with Gasteiger partial charge in [0.1, 0.15) is 17.0 Å². The van der Waals surface area contributed by atoms with Gasteiger partial charge in [-0.05, 0) is 39.0 Å². The number of amides is 1. The number of hydrogen-bond donors (Lipinski definition) is 0. The van der Waals surface area contributed by atoms with Crippen LogP contribution >= 0.6 is 11.6 Å². The molecule has 124 valence electrons. The fourth-order valence-electron chi connectivity index (χ4n) is 3.02. The fraction of sp³-hybridized carbons (Fsp3) is 0.529. The maximum Gasteiger partial charge on any atom is 0.410 e. The molecular weight excluding hydrogens is 318 g/mol. The van der Waals surface area contributed by atoms with Gasteiger partial charge < -0.3 is 14.4 Å². The molecule has 2 aliphatic heterocycles. The third kappa shape index (κ3) is 3.29. The van der Waals surface area contributed by atoms with Crippen LogP contribution < -0.4 is 4.74 Å². The second-order valence-corrected chi connectivity index (χ2v) is 7.61. The number of fused-ring (bicyclic) bond motifs is 1. The maximum absolute atomic E-state index is 12.4. The normalized spacial score (nSPS) is 23.7. The summed E-state index contributed by atoms with van der Waals surface area (Å²) in [7, 11) is 0. The van der Waals surface area contributed by atoms with Crippen molar-refractivity contribution in [1.29, 1.82) is 0 Å². The smallest absolute Gasteiger partial charge is 0.410 e. The number of ketones is 1. The molecule has 3 rings (SSSR count). The molecule has 1 amide bonds. The van der Waals surface area contributed by atoms with Crippen LogP contribution in [0.3, 0.4) is 0 Å². The van der Waals surface area contributed by atoms with Crippen molar-refractivity contribution in [2.75, 3.05) is 13.1 Å². The summed E-state index contributed by atoms with van der Waals surface area (Å²) in [5, 5.41) is 0.512. The Morgan fingerprint density at radius 2 is 2.13 bits per heavy atom. The number of ether oxygens (including phenoxy) is 2. The van der Waals surface area contributed by atoms with Crippen molar-refractivity contribution in [2.45, 2.75) is 44.8 Å². The molecule has 2 heterocycles. The van der Waals surface area contributed by atoms with Crippen molar-refractivity contribution in [3.63, 3.8) is 0 Å². The fourth-order valence-corrected chi connectivity index (χ4v) is 3.19. The Morgan fingerprint density at radius 3 is 2.83 bits per heavy atom. The largest absolute Gasteiger partial charge is 0.484 e. The molecule has 0 radical (unpaired) electrons. The molecular formula is C17H20ClNO4. The Hall–Kier alpha value is -1.75. The molecule has 1 aromatic rings. The van der Waals surface area contributed by atoms with Gasteiger partial charge in [0.2, 0.25) is 0 Å². The lowest BCUT2D eigenvalue weighted by molar-refractivity contribution is 0.0171. The van der Waals surface area contributed by atoms with E-state index in [1.54, 1.807) is 23.1 Å². The van der Waals surface area contributed by atoms with E-state index in [1.165, 1.54) is 0 Å². The second-order valence-electron chi connectivity index (χ2n) is 7.18. The zero-order valence-electron chi connectivity index (χ0n) is 13.5. The van der Waals surface area contributed by atoms with Gasteiger partial charge in [-0.15, -0.1) is 0 Å². The molecule has 1 atom stereocenters. The minimum absolute atomic E-state index is 0.000196. The summed E-state index contributed by atoms with van der Waals surface area (Å²) in [5.41, 5.74) is -0.687. The highest BCUT2D eigenvalue weighted by molar-refractivity contribution is 6.31. The van der Waals surface area contributed by atoms with Crippen LogP contribution in [0.4, 0.5) is 4.79 Å². The van der Waals surface area contributed by atoms with Gasteiger partial charge in [-0.2, -0.15) is 0 Å². The van der Waals surface area contributed by atoms with Gasteiger partial charge in [0.15, 0.2) is 5.78 Å². The predicted molar refractivity (Wildman–Crippen MR) is 86.2 cm³/mol.